The normalized spacial score (nSPS) is 15.9. The Kier molecular flexibility index (Phi) is 6.82. The maximum absolute atomic E-state index is 12.8. The fourth-order valence-electron chi connectivity index (χ4n) is 3.84. The van der Waals surface area contributed by atoms with Crippen molar-refractivity contribution < 1.29 is 17.9 Å². The molecule has 0 aromatic heterocycles. The molecule has 0 aliphatic carbocycles. The zero-order valence-corrected chi connectivity index (χ0v) is 20.1. The predicted octanol–water partition coefficient (Wildman–Crippen LogP) is 4.61. The SMILES string of the molecule is N#Cc1ccc(COc2cc(Cl)ccc2[C@H]2CC(=O)N(c3ccc(S(N)(=O)=O)cc3)C2)c(Cl)c1. The summed E-state index contributed by atoms with van der Waals surface area (Å²) in [5.41, 5.74) is 2.58. The van der Waals surface area contributed by atoms with E-state index in [4.69, 9.17) is 38.3 Å². The van der Waals surface area contributed by atoms with Crippen molar-refractivity contribution in [3.63, 3.8) is 0 Å². The summed E-state index contributed by atoms with van der Waals surface area (Å²) in [5, 5.41) is 15.1. The summed E-state index contributed by atoms with van der Waals surface area (Å²) >= 11 is 12.5. The van der Waals surface area contributed by atoms with Crippen LogP contribution in [-0.2, 0) is 21.4 Å². The summed E-state index contributed by atoms with van der Waals surface area (Å²) in [6, 6.07) is 18.2. The molecule has 4 rings (SSSR count). The van der Waals surface area contributed by atoms with Gasteiger partial charge in [-0.05, 0) is 54.1 Å². The Morgan fingerprint density at radius 3 is 2.47 bits per heavy atom. The number of sulfonamides is 1. The van der Waals surface area contributed by atoms with Crippen molar-refractivity contribution in [2.45, 2.75) is 23.8 Å². The number of halogens is 2. The number of rotatable bonds is 6. The van der Waals surface area contributed by atoms with Crippen molar-refractivity contribution in [2.24, 2.45) is 5.14 Å². The van der Waals surface area contributed by atoms with E-state index in [0.717, 1.165) is 5.56 Å². The minimum absolute atomic E-state index is 0.0192. The summed E-state index contributed by atoms with van der Waals surface area (Å²) in [5.74, 6) is 0.288. The van der Waals surface area contributed by atoms with E-state index in [1.165, 1.54) is 12.1 Å². The Bertz CT molecular complexity index is 1400. The molecule has 34 heavy (non-hydrogen) atoms. The first kappa shape index (κ1) is 24.0. The molecule has 1 aliphatic heterocycles. The Morgan fingerprint density at radius 1 is 1.09 bits per heavy atom. The molecular weight excluding hydrogens is 497 g/mol. The van der Waals surface area contributed by atoms with E-state index in [2.05, 4.69) is 0 Å². The van der Waals surface area contributed by atoms with Crippen LogP contribution in [0, 0.1) is 11.3 Å². The van der Waals surface area contributed by atoms with E-state index >= 15 is 0 Å². The molecule has 0 radical (unpaired) electrons. The Balaban J connectivity index is 1.55. The lowest BCUT2D eigenvalue weighted by Crippen LogP contribution is -2.24. The number of carbonyl (C=O) groups excluding carboxylic acids is 1. The topological polar surface area (TPSA) is 113 Å². The van der Waals surface area contributed by atoms with E-state index in [1.807, 2.05) is 12.1 Å². The fraction of sp³-hybridized carbons (Fsp3) is 0.167. The lowest BCUT2D eigenvalue weighted by Gasteiger charge is -2.19. The number of carbonyl (C=O) groups is 1. The molecule has 1 saturated heterocycles. The van der Waals surface area contributed by atoms with Crippen LogP contribution >= 0.6 is 23.2 Å². The van der Waals surface area contributed by atoms with Crippen LogP contribution < -0.4 is 14.8 Å². The molecular formula is C24H19Cl2N3O4S. The molecule has 0 spiro atoms. The van der Waals surface area contributed by atoms with Gasteiger partial charge in [-0.15, -0.1) is 0 Å². The molecule has 7 nitrogen and oxygen atoms in total. The average molecular weight is 516 g/mol. The third-order valence-corrected chi connectivity index (χ3v) is 7.10. The minimum Gasteiger partial charge on any atom is -0.489 e. The highest BCUT2D eigenvalue weighted by molar-refractivity contribution is 7.89. The molecule has 1 fully saturated rings. The third-order valence-electron chi connectivity index (χ3n) is 5.58. The first-order chi connectivity index (χ1) is 16.2. The van der Waals surface area contributed by atoms with E-state index in [9.17, 15) is 13.2 Å². The fourth-order valence-corrected chi connectivity index (χ4v) is 4.75. The lowest BCUT2D eigenvalue weighted by molar-refractivity contribution is -0.117. The van der Waals surface area contributed by atoms with Gasteiger partial charge < -0.3 is 9.64 Å². The first-order valence-electron chi connectivity index (χ1n) is 10.2. The Morgan fingerprint density at radius 2 is 1.82 bits per heavy atom. The maximum atomic E-state index is 12.8. The number of nitriles is 1. The van der Waals surface area contributed by atoms with E-state index in [-0.39, 0.29) is 29.7 Å². The van der Waals surface area contributed by atoms with Crippen molar-refractivity contribution >= 4 is 44.8 Å². The van der Waals surface area contributed by atoms with Gasteiger partial charge in [-0.1, -0.05) is 35.3 Å². The summed E-state index contributed by atoms with van der Waals surface area (Å²) in [7, 11) is -3.81. The predicted molar refractivity (Wildman–Crippen MR) is 129 cm³/mol. The molecule has 10 heteroatoms. The largest absolute Gasteiger partial charge is 0.489 e. The standard InChI is InChI=1S/C24H19Cl2N3O4S/c25-18-3-8-21(23(11-18)33-14-16-2-1-15(12-27)9-22(16)26)17-10-24(30)29(13-17)19-4-6-20(7-5-19)34(28,31)32/h1-9,11,17H,10,13-14H2,(H2,28,31,32)/t17-/m0/s1. The zero-order valence-electron chi connectivity index (χ0n) is 17.7. The zero-order chi connectivity index (χ0) is 24.5. The van der Waals surface area contributed by atoms with Crippen molar-refractivity contribution in [1.82, 2.24) is 0 Å². The lowest BCUT2D eigenvalue weighted by atomic mass is 9.97. The maximum Gasteiger partial charge on any atom is 0.238 e. The van der Waals surface area contributed by atoms with Crippen LogP contribution in [0.25, 0.3) is 0 Å². The number of ether oxygens (including phenoxy) is 1. The molecule has 0 saturated carbocycles. The number of hydrogen-bond acceptors (Lipinski definition) is 5. The van der Waals surface area contributed by atoms with Gasteiger partial charge in [0.1, 0.15) is 12.4 Å². The molecule has 1 amide bonds. The number of nitrogens with zero attached hydrogens (tertiary/aromatic N) is 2. The van der Waals surface area contributed by atoms with Gasteiger partial charge in [0.2, 0.25) is 15.9 Å². The first-order valence-corrected chi connectivity index (χ1v) is 12.5. The van der Waals surface area contributed by atoms with Crippen molar-refractivity contribution in [3.05, 3.63) is 87.4 Å². The van der Waals surface area contributed by atoms with Crippen molar-refractivity contribution in [3.8, 4) is 11.8 Å². The Hall–Kier alpha value is -3.09. The highest BCUT2D eigenvalue weighted by Gasteiger charge is 2.33. The molecule has 2 N–H and O–H groups in total. The molecule has 174 valence electrons. The monoisotopic (exact) mass is 515 g/mol. The molecule has 1 heterocycles. The molecule has 0 bridgehead atoms. The second-order valence-electron chi connectivity index (χ2n) is 7.83. The highest BCUT2D eigenvalue weighted by atomic mass is 35.5. The quantitative estimate of drug-likeness (QED) is 0.514. The van der Waals surface area contributed by atoms with Crippen LogP contribution in [0.15, 0.2) is 65.6 Å². The minimum atomic E-state index is -3.81. The number of nitrogens with two attached hydrogens (primary N) is 1. The van der Waals surface area contributed by atoms with Crippen LogP contribution in [0.1, 0.15) is 29.0 Å². The summed E-state index contributed by atoms with van der Waals surface area (Å²) < 4.78 is 29.0. The van der Waals surface area contributed by atoms with Crippen molar-refractivity contribution in [2.75, 3.05) is 11.4 Å². The molecule has 0 unspecified atom stereocenters. The third kappa shape index (κ3) is 5.18. The highest BCUT2D eigenvalue weighted by Crippen LogP contribution is 2.38. The van der Waals surface area contributed by atoms with Gasteiger partial charge >= 0.3 is 0 Å². The second-order valence-corrected chi connectivity index (χ2v) is 10.2. The average Bonchev–Trinajstić information content (AvgIpc) is 3.19. The van der Waals surface area contributed by atoms with Crippen LogP contribution in [0.3, 0.4) is 0 Å². The number of hydrogen-bond donors (Lipinski definition) is 1. The van der Waals surface area contributed by atoms with E-state index in [0.29, 0.717) is 39.2 Å². The number of benzene rings is 3. The van der Waals surface area contributed by atoms with Crippen LogP contribution in [0.2, 0.25) is 10.0 Å². The summed E-state index contributed by atoms with van der Waals surface area (Å²) in [4.78, 5) is 14.4. The summed E-state index contributed by atoms with van der Waals surface area (Å²) in [6.07, 6.45) is 0.257. The second kappa shape index (κ2) is 9.65. The number of anilines is 1. The van der Waals surface area contributed by atoms with Gasteiger partial charge in [0.25, 0.3) is 0 Å². The molecule has 3 aromatic rings. The number of amides is 1. The molecule has 3 aromatic carbocycles. The van der Waals surface area contributed by atoms with Crippen LogP contribution in [0.5, 0.6) is 5.75 Å². The van der Waals surface area contributed by atoms with Crippen LogP contribution in [-0.4, -0.2) is 20.9 Å². The number of primary sulfonamides is 1. The molecule has 1 aliphatic rings. The van der Waals surface area contributed by atoms with Gasteiger partial charge in [0, 0.05) is 40.2 Å². The van der Waals surface area contributed by atoms with E-state index in [1.54, 1.807) is 47.4 Å². The van der Waals surface area contributed by atoms with Gasteiger partial charge in [0.05, 0.1) is 16.5 Å². The smallest absolute Gasteiger partial charge is 0.238 e. The van der Waals surface area contributed by atoms with E-state index < -0.39 is 10.0 Å². The summed E-state index contributed by atoms with van der Waals surface area (Å²) in [6.45, 7) is 0.556. The Labute approximate surface area is 207 Å². The van der Waals surface area contributed by atoms with Gasteiger partial charge in [-0.25, -0.2) is 13.6 Å². The van der Waals surface area contributed by atoms with Gasteiger partial charge in [0.15, 0.2) is 0 Å². The van der Waals surface area contributed by atoms with Crippen molar-refractivity contribution in [1.29, 1.82) is 5.26 Å². The van der Waals surface area contributed by atoms with Gasteiger partial charge in [-0.2, -0.15) is 5.26 Å². The molecule has 1 atom stereocenters. The van der Waals surface area contributed by atoms with Crippen LogP contribution in [0.4, 0.5) is 5.69 Å². The van der Waals surface area contributed by atoms with Gasteiger partial charge in [-0.3, -0.25) is 4.79 Å².